The summed E-state index contributed by atoms with van der Waals surface area (Å²) in [6.07, 6.45) is 28.7. The summed E-state index contributed by atoms with van der Waals surface area (Å²) in [4.78, 5) is 0. The lowest BCUT2D eigenvalue weighted by Crippen LogP contribution is -2.56. The average Bonchev–Trinajstić information content (AvgIpc) is 3.10. The van der Waals surface area contributed by atoms with Crippen molar-refractivity contribution in [3.63, 3.8) is 0 Å². The number of quaternary nitrogens is 2. The van der Waals surface area contributed by atoms with Crippen LogP contribution in [0.3, 0.4) is 0 Å². The summed E-state index contributed by atoms with van der Waals surface area (Å²) >= 11 is 0. The van der Waals surface area contributed by atoms with Crippen LogP contribution in [0.25, 0.3) is 0 Å². The van der Waals surface area contributed by atoms with E-state index in [0.29, 0.717) is 13.1 Å². The summed E-state index contributed by atoms with van der Waals surface area (Å²) in [5, 5.41) is 28.7. The fraction of sp³-hybridized carbons (Fsp3) is 1.00. The summed E-state index contributed by atoms with van der Waals surface area (Å²) in [5.41, 5.74) is 0. The topological polar surface area (TPSA) is 92.2 Å². The van der Waals surface area contributed by atoms with Gasteiger partial charge < -0.3 is 42.2 Å². The third-order valence-electron chi connectivity index (χ3n) is 12.2. The molecule has 0 spiro atoms. The van der Waals surface area contributed by atoms with Crippen molar-refractivity contribution >= 4 is 33.8 Å². The largest absolute Gasteiger partial charge is 0.436 e. The molecule has 0 aromatic rings. The van der Waals surface area contributed by atoms with E-state index in [1.54, 1.807) is 0 Å². The molecule has 0 heterocycles. The molecular weight excluding hydrogens is 825 g/mol. The van der Waals surface area contributed by atoms with Crippen molar-refractivity contribution in [2.75, 3.05) is 80.5 Å². The van der Waals surface area contributed by atoms with Gasteiger partial charge in [-0.2, -0.15) is 0 Å². The Morgan fingerprint density at radius 2 is 0.689 bits per heavy atom. The van der Waals surface area contributed by atoms with Gasteiger partial charge >= 0.3 is 17.1 Å². The number of likely N-dealkylation sites (N-methyl/N-ethyl adjacent to an activating group) is 2. The number of hydrogen-bond acceptors (Lipinski definition) is 7. The number of nitrogens with one attached hydrogen (secondary N) is 2. The molecule has 0 aromatic heterocycles. The van der Waals surface area contributed by atoms with Gasteiger partial charge in [0.15, 0.2) is 16.6 Å². The quantitative estimate of drug-likeness (QED) is 0.0275. The normalized spacial score (nSPS) is 14.6. The maximum atomic E-state index is 10.8. The lowest BCUT2D eigenvalue weighted by Gasteiger charge is -2.41. The van der Waals surface area contributed by atoms with Crippen molar-refractivity contribution in [3.8, 4) is 0 Å². The van der Waals surface area contributed by atoms with Gasteiger partial charge in [0.25, 0.3) is 0 Å². The molecule has 0 aromatic carbocycles. The Morgan fingerprint density at radius 1 is 0.410 bits per heavy atom. The second-order valence-electron chi connectivity index (χ2n) is 22.6. The highest BCUT2D eigenvalue weighted by atomic mass is 28.5. The Labute approximate surface area is 386 Å². The van der Waals surface area contributed by atoms with Crippen LogP contribution in [-0.4, -0.2) is 146 Å². The lowest BCUT2D eigenvalue weighted by atomic mass is 10.1. The molecule has 0 aliphatic carbocycles. The number of hydrogen-bond donors (Lipinski definition) is 4. The zero-order valence-corrected chi connectivity index (χ0v) is 47.8. The van der Waals surface area contributed by atoms with E-state index in [4.69, 9.17) is 12.3 Å². The Morgan fingerprint density at radius 3 is 0.984 bits per heavy atom. The molecule has 9 nitrogen and oxygen atoms in total. The zero-order valence-electron chi connectivity index (χ0n) is 43.8. The van der Waals surface area contributed by atoms with Crippen LogP contribution in [0.2, 0.25) is 64.5 Å². The fourth-order valence-electron chi connectivity index (χ4n) is 9.39. The van der Waals surface area contributed by atoms with Crippen molar-refractivity contribution in [1.82, 2.24) is 10.6 Å². The molecule has 0 saturated heterocycles. The van der Waals surface area contributed by atoms with E-state index in [1.165, 1.54) is 128 Å². The van der Waals surface area contributed by atoms with E-state index >= 15 is 0 Å². The highest BCUT2D eigenvalue weighted by Crippen LogP contribution is 2.27. The van der Waals surface area contributed by atoms with Gasteiger partial charge in [0, 0.05) is 13.1 Å². The van der Waals surface area contributed by atoms with Crippen LogP contribution in [0.4, 0.5) is 0 Å². The molecular formula is C48H112N4O5Si4+2. The first-order chi connectivity index (χ1) is 28.4. The molecule has 0 aliphatic rings. The second kappa shape index (κ2) is 33.9. The van der Waals surface area contributed by atoms with Gasteiger partial charge in [0.1, 0.15) is 25.3 Å². The summed E-state index contributed by atoms with van der Waals surface area (Å²) in [7, 11) is 0.385. The second-order valence-corrected chi connectivity index (χ2v) is 38.7. The van der Waals surface area contributed by atoms with Crippen molar-refractivity contribution in [1.29, 1.82) is 0 Å². The maximum Gasteiger partial charge on any atom is 0.312 e. The molecule has 4 N–H and O–H groups in total. The van der Waals surface area contributed by atoms with E-state index in [2.05, 4.69) is 105 Å². The minimum Gasteiger partial charge on any atom is -0.436 e. The summed E-state index contributed by atoms with van der Waals surface area (Å²) in [6.45, 7) is 29.6. The van der Waals surface area contributed by atoms with Gasteiger partial charge in [0.05, 0.1) is 41.3 Å². The van der Waals surface area contributed by atoms with Gasteiger partial charge in [-0.25, -0.2) is 0 Å². The molecule has 0 fully saturated rings. The first-order valence-corrected chi connectivity index (χ1v) is 37.8. The van der Waals surface area contributed by atoms with Gasteiger partial charge in [-0.05, 0) is 116 Å². The number of nitrogens with zero attached hydrogens (tertiary/aromatic N) is 2. The third kappa shape index (κ3) is 39.4. The van der Waals surface area contributed by atoms with Crippen molar-refractivity contribution in [2.24, 2.45) is 0 Å². The van der Waals surface area contributed by atoms with Crippen molar-refractivity contribution < 1.29 is 31.5 Å². The molecule has 2 unspecified atom stereocenters. The first-order valence-electron chi connectivity index (χ1n) is 26.0. The predicted octanol–water partition coefficient (Wildman–Crippen LogP) is 11.5. The molecule has 0 saturated carbocycles. The molecule has 0 rings (SSSR count). The molecule has 368 valence electrons. The standard InChI is InChI=1S/C48H112N4O5Si4/c1-15-17-19-21-23-25-27-29-31-33-39-51(3,4)45-47(53)43-49-37-35-41-58(7,8)55-60(11,12)57-61(13,14)56-59(9,10)42-36-38-50-44-48(54)46-52(5,6)40-34-32-30-28-26-24-22-20-18-16-2/h47-50,53-54H,15-46H2,1-14H3/q+2. The minimum atomic E-state index is -2.40. The van der Waals surface area contributed by atoms with Crippen LogP contribution in [0, 0.1) is 0 Å². The van der Waals surface area contributed by atoms with Crippen molar-refractivity contribution in [3.05, 3.63) is 0 Å². The minimum absolute atomic E-state index is 0.325. The molecule has 2 atom stereocenters. The number of rotatable bonds is 44. The SMILES string of the molecule is CCCCCCCCCCCC[N+](C)(C)CC(O)CNCCC[Si](C)(C)O[Si](C)(C)O[Si](C)(C)O[Si](C)(C)CCCNCC(O)C[N+](C)(C)CCCCCCCCCCCC. The third-order valence-corrected chi connectivity index (χ3v) is 27.6. The molecule has 61 heavy (non-hydrogen) atoms. The molecule has 13 heteroatoms. The van der Waals surface area contributed by atoms with Gasteiger partial charge in [-0.15, -0.1) is 0 Å². The Balaban J connectivity index is 4.32. The zero-order chi connectivity index (χ0) is 46.3. The van der Waals surface area contributed by atoms with Crippen LogP contribution >= 0.6 is 0 Å². The van der Waals surface area contributed by atoms with E-state index in [0.717, 1.165) is 73.2 Å². The van der Waals surface area contributed by atoms with Gasteiger partial charge in [-0.1, -0.05) is 117 Å². The number of aliphatic hydroxyl groups excluding tert-OH is 2. The highest BCUT2D eigenvalue weighted by molar-refractivity contribution is 6.89. The van der Waals surface area contributed by atoms with Crippen LogP contribution < -0.4 is 10.6 Å². The van der Waals surface area contributed by atoms with E-state index < -0.39 is 33.8 Å². The van der Waals surface area contributed by atoms with E-state index in [-0.39, 0.29) is 12.2 Å². The average molecular weight is 938 g/mol. The molecule has 0 radical (unpaired) electrons. The van der Waals surface area contributed by atoms with Gasteiger partial charge in [-0.3, -0.25) is 0 Å². The molecule has 0 amide bonds. The summed E-state index contributed by atoms with van der Waals surface area (Å²) in [5.74, 6) is 0. The molecule has 0 aliphatic heterocycles. The number of aliphatic hydroxyl groups is 2. The van der Waals surface area contributed by atoms with Crippen LogP contribution in [0.1, 0.15) is 155 Å². The summed E-state index contributed by atoms with van der Waals surface area (Å²) < 4.78 is 22.4. The van der Waals surface area contributed by atoms with E-state index in [9.17, 15) is 10.2 Å². The fourth-order valence-corrected chi connectivity index (χ4v) is 28.7. The first kappa shape index (κ1) is 61.5. The Bertz CT molecular complexity index is 960. The monoisotopic (exact) mass is 937 g/mol. The predicted molar refractivity (Wildman–Crippen MR) is 277 cm³/mol. The smallest absolute Gasteiger partial charge is 0.312 e. The highest BCUT2D eigenvalue weighted by Gasteiger charge is 2.43. The Hall–Kier alpha value is 0.508. The number of unbranched alkanes of at least 4 members (excludes halogenated alkanes) is 18. The maximum absolute atomic E-state index is 10.8. The van der Waals surface area contributed by atoms with Crippen molar-refractivity contribution in [2.45, 2.75) is 232 Å². The van der Waals surface area contributed by atoms with Gasteiger partial charge in [0.2, 0.25) is 0 Å². The van der Waals surface area contributed by atoms with Crippen LogP contribution in [-0.2, 0) is 12.3 Å². The van der Waals surface area contributed by atoms with Crippen LogP contribution in [0.5, 0.6) is 0 Å². The Kier molecular flexibility index (Phi) is 34.2. The van der Waals surface area contributed by atoms with Crippen LogP contribution in [0.15, 0.2) is 0 Å². The lowest BCUT2D eigenvalue weighted by molar-refractivity contribution is -0.893. The molecule has 0 bridgehead atoms. The van der Waals surface area contributed by atoms with E-state index in [1.807, 2.05) is 0 Å². The summed E-state index contributed by atoms with van der Waals surface area (Å²) in [6, 6.07) is 2.13.